The molecule has 0 aliphatic heterocycles. The second-order valence-electron chi connectivity index (χ2n) is 3.85. The topological polar surface area (TPSA) is 43.1 Å². The molecule has 2 N–H and O–H groups in total. The van der Waals surface area contributed by atoms with Crippen LogP contribution >= 0.6 is 11.6 Å². The first kappa shape index (κ1) is 13.4. The summed E-state index contributed by atoms with van der Waals surface area (Å²) in [6.07, 6.45) is 0. The van der Waals surface area contributed by atoms with Gasteiger partial charge in [0.25, 0.3) is 0 Å². The van der Waals surface area contributed by atoms with Gasteiger partial charge in [-0.25, -0.2) is 13.2 Å². The fourth-order valence-corrected chi connectivity index (χ4v) is 1.84. The second kappa shape index (κ2) is 4.93. The average molecular weight is 286 g/mol. The van der Waals surface area contributed by atoms with Gasteiger partial charge in [-0.05, 0) is 24.3 Å². The molecule has 0 heterocycles. The molecule has 2 nitrogen and oxygen atoms in total. The van der Waals surface area contributed by atoms with E-state index >= 15 is 0 Å². The Labute approximate surface area is 111 Å². The monoisotopic (exact) mass is 285 g/mol. The lowest BCUT2D eigenvalue weighted by Crippen LogP contribution is -2.07. The number of hydrogen-bond donors (Lipinski definition) is 1. The Bertz CT molecular complexity index is 653. The molecule has 0 fully saturated rings. The molecule has 0 aromatic heterocycles. The fourth-order valence-electron chi connectivity index (χ4n) is 1.60. The minimum absolute atomic E-state index is 0.00471. The SMILES string of the molecule is Nc1cc(Cl)cc(C(=O)c2cc(F)c(F)cc2F)c1. The predicted octanol–water partition coefficient (Wildman–Crippen LogP) is 3.57. The third kappa shape index (κ3) is 2.71. The molecule has 0 bridgehead atoms. The van der Waals surface area contributed by atoms with Crippen molar-refractivity contribution in [2.24, 2.45) is 0 Å². The molecule has 0 radical (unpaired) electrons. The summed E-state index contributed by atoms with van der Waals surface area (Å²) >= 11 is 5.72. The highest BCUT2D eigenvalue weighted by Gasteiger charge is 2.18. The minimum Gasteiger partial charge on any atom is -0.399 e. The zero-order chi connectivity index (χ0) is 14.2. The van der Waals surface area contributed by atoms with Crippen LogP contribution in [0.5, 0.6) is 0 Å². The average Bonchev–Trinajstić information content (AvgIpc) is 2.31. The van der Waals surface area contributed by atoms with E-state index in [0.717, 1.165) is 0 Å². The molecule has 19 heavy (non-hydrogen) atoms. The Hall–Kier alpha value is -2.01. The van der Waals surface area contributed by atoms with E-state index in [4.69, 9.17) is 17.3 Å². The van der Waals surface area contributed by atoms with Crippen LogP contribution in [0.25, 0.3) is 0 Å². The van der Waals surface area contributed by atoms with Crippen LogP contribution in [0.2, 0.25) is 5.02 Å². The van der Waals surface area contributed by atoms with Gasteiger partial charge in [-0.1, -0.05) is 11.6 Å². The van der Waals surface area contributed by atoms with Gasteiger partial charge < -0.3 is 5.73 Å². The zero-order valence-corrected chi connectivity index (χ0v) is 10.1. The summed E-state index contributed by atoms with van der Waals surface area (Å²) in [6, 6.07) is 4.76. The van der Waals surface area contributed by atoms with Crippen LogP contribution in [0.15, 0.2) is 30.3 Å². The highest BCUT2D eigenvalue weighted by atomic mass is 35.5. The first-order valence-electron chi connectivity index (χ1n) is 5.14. The van der Waals surface area contributed by atoms with Crippen LogP contribution in [0.3, 0.4) is 0 Å². The van der Waals surface area contributed by atoms with Crippen LogP contribution in [0.4, 0.5) is 18.9 Å². The highest BCUT2D eigenvalue weighted by Crippen LogP contribution is 2.22. The molecule has 0 saturated carbocycles. The number of benzene rings is 2. The number of carbonyl (C=O) groups excluding carboxylic acids is 1. The first-order chi connectivity index (χ1) is 8.88. The molecular weight excluding hydrogens is 279 g/mol. The van der Waals surface area contributed by atoms with Crippen molar-refractivity contribution in [3.05, 3.63) is 63.9 Å². The molecule has 2 rings (SSSR count). The van der Waals surface area contributed by atoms with Gasteiger partial charge in [0.15, 0.2) is 17.4 Å². The number of nitrogens with two attached hydrogens (primary N) is 1. The smallest absolute Gasteiger partial charge is 0.196 e. The van der Waals surface area contributed by atoms with Crippen molar-refractivity contribution < 1.29 is 18.0 Å². The molecule has 2 aromatic carbocycles. The minimum atomic E-state index is -1.36. The van der Waals surface area contributed by atoms with Crippen molar-refractivity contribution in [1.29, 1.82) is 0 Å². The number of hydrogen-bond acceptors (Lipinski definition) is 2. The van der Waals surface area contributed by atoms with Gasteiger partial charge >= 0.3 is 0 Å². The quantitative estimate of drug-likeness (QED) is 0.521. The lowest BCUT2D eigenvalue weighted by atomic mass is 10.0. The highest BCUT2D eigenvalue weighted by molar-refractivity contribution is 6.31. The van der Waals surface area contributed by atoms with Crippen LogP contribution in [0.1, 0.15) is 15.9 Å². The number of rotatable bonds is 2. The van der Waals surface area contributed by atoms with E-state index in [1.165, 1.54) is 18.2 Å². The van der Waals surface area contributed by atoms with Gasteiger partial charge in [0.1, 0.15) is 5.82 Å². The van der Waals surface area contributed by atoms with E-state index in [1.807, 2.05) is 0 Å². The third-order valence-corrected chi connectivity index (χ3v) is 2.66. The lowest BCUT2D eigenvalue weighted by molar-refractivity contribution is 0.103. The first-order valence-corrected chi connectivity index (χ1v) is 5.51. The number of ketones is 1. The summed E-state index contributed by atoms with van der Waals surface area (Å²) in [4.78, 5) is 12.0. The maximum Gasteiger partial charge on any atom is 0.196 e. The zero-order valence-electron chi connectivity index (χ0n) is 9.38. The molecule has 6 heteroatoms. The summed E-state index contributed by atoms with van der Waals surface area (Å²) in [5.41, 5.74) is 5.12. The lowest BCUT2D eigenvalue weighted by Gasteiger charge is -2.05. The van der Waals surface area contributed by atoms with E-state index in [1.54, 1.807) is 0 Å². The van der Waals surface area contributed by atoms with Gasteiger partial charge in [-0.15, -0.1) is 0 Å². The largest absolute Gasteiger partial charge is 0.399 e. The summed E-state index contributed by atoms with van der Waals surface area (Å²) in [5.74, 6) is -4.65. The van der Waals surface area contributed by atoms with Crippen LogP contribution in [-0.4, -0.2) is 5.78 Å². The molecule has 0 spiro atoms. The van der Waals surface area contributed by atoms with Crippen molar-refractivity contribution in [2.75, 3.05) is 5.73 Å². The Morgan fingerprint density at radius 1 is 0.947 bits per heavy atom. The van der Waals surface area contributed by atoms with Gasteiger partial charge in [0, 0.05) is 22.3 Å². The van der Waals surface area contributed by atoms with Gasteiger partial charge in [-0.3, -0.25) is 4.79 Å². The molecule has 2 aromatic rings. The molecule has 0 saturated heterocycles. The maximum absolute atomic E-state index is 13.5. The number of carbonyl (C=O) groups is 1. The number of anilines is 1. The summed E-state index contributed by atoms with van der Waals surface area (Å²) in [7, 11) is 0. The Kier molecular flexibility index (Phi) is 3.48. The predicted molar refractivity (Wildman–Crippen MR) is 65.6 cm³/mol. The fraction of sp³-hybridized carbons (Fsp3) is 0. The molecule has 98 valence electrons. The third-order valence-electron chi connectivity index (χ3n) is 2.44. The van der Waals surface area contributed by atoms with E-state index in [-0.39, 0.29) is 16.3 Å². The maximum atomic E-state index is 13.5. The van der Waals surface area contributed by atoms with Crippen molar-refractivity contribution in [2.45, 2.75) is 0 Å². The molecular formula is C13H7ClF3NO. The van der Waals surface area contributed by atoms with Crippen LogP contribution < -0.4 is 5.73 Å². The molecule has 0 aliphatic carbocycles. The van der Waals surface area contributed by atoms with E-state index in [2.05, 4.69) is 0 Å². The Morgan fingerprint density at radius 3 is 2.21 bits per heavy atom. The van der Waals surface area contributed by atoms with Crippen LogP contribution in [-0.2, 0) is 0 Å². The molecule has 0 aliphatic rings. The van der Waals surface area contributed by atoms with E-state index < -0.39 is 28.8 Å². The summed E-state index contributed by atoms with van der Waals surface area (Å²) in [6.45, 7) is 0. The Balaban J connectivity index is 2.53. The normalized spacial score (nSPS) is 10.5. The molecule has 0 unspecified atom stereocenters. The standard InChI is InChI=1S/C13H7ClF3NO/c14-7-1-6(2-8(18)3-7)13(19)9-4-11(16)12(17)5-10(9)15/h1-5H,18H2. The van der Waals surface area contributed by atoms with Crippen molar-refractivity contribution in [1.82, 2.24) is 0 Å². The summed E-state index contributed by atoms with van der Waals surface area (Å²) < 4.78 is 39.3. The van der Waals surface area contributed by atoms with Crippen LogP contribution in [0, 0.1) is 17.5 Å². The molecule has 0 amide bonds. The van der Waals surface area contributed by atoms with Gasteiger partial charge in [-0.2, -0.15) is 0 Å². The van der Waals surface area contributed by atoms with Gasteiger partial charge in [0.2, 0.25) is 0 Å². The van der Waals surface area contributed by atoms with E-state index in [0.29, 0.717) is 12.1 Å². The van der Waals surface area contributed by atoms with E-state index in [9.17, 15) is 18.0 Å². The van der Waals surface area contributed by atoms with Crippen molar-refractivity contribution in [3.63, 3.8) is 0 Å². The van der Waals surface area contributed by atoms with Crippen molar-refractivity contribution in [3.8, 4) is 0 Å². The number of halogens is 4. The Morgan fingerprint density at radius 2 is 1.58 bits per heavy atom. The second-order valence-corrected chi connectivity index (χ2v) is 4.28. The van der Waals surface area contributed by atoms with Crippen molar-refractivity contribution >= 4 is 23.1 Å². The van der Waals surface area contributed by atoms with Gasteiger partial charge in [0.05, 0.1) is 5.56 Å². The summed E-state index contributed by atoms with van der Waals surface area (Å²) in [5, 5.41) is 0.186. The number of nitrogen functional groups attached to an aromatic ring is 1. The molecule has 0 atom stereocenters.